The third kappa shape index (κ3) is 3.42. The first-order valence-electron chi connectivity index (χ1n) is 9.51. The zero-order valence-corrected chi connectivity index (χ0v) is 17.9. The number of anilines is 1. The largest absolute Gasteiger partial charge is 0.481 e. The summed E-state index contributed by atoms with van der Waals surface area (Å²) in [5.41, 5.74) is 1.64. The fourth-order valence-electron chi connectivity index (χ4n) is 4.63. The van der Waals surface area contributed by atoms with E-state index in [0.29, 0.717) is 22.0 Å². The molecule has 1 amide bonds. The zero-order chi connectivity index (χ0) is 21.6. The quantitative estimate of drug-likeness (QED) is 0.517. The number of rotatable bonds is 5. The minimum atomic E-state index is -0.970. The zero-order valence-electron chi connectivity index (χ0n) is 16.3. The van der Waals surface area contributed by atoms with Gasteiger partial charge in [-0.2, -0.15) is 0 Å². The summed E-state index contributed by atoms with van der Waals surface area (Å²) in [6.07, 6.45) is 4.47. The number of carbonyl (C=O) groups excluding carboxylic acids is 2. The van der Waals surface area contributed by atoms with Crippen LogP contribution in [0.1, 0.15) is 21.7 Å². The van der Waals surface area contributed by atoms with Gasteiger partial charge in [0.1, 0.15) is 10.6 Å². The second kappa shape index (κ2) is 7.89. The number of benzene rings is 1. The van der Waals surface area contributed by atoms with Crippen molar-refractivity contribution in [2.24, 2.45) is 23.7 Å². The maximum Gasteiger partial charge on any atom is 0.341 e. The highest BCUT2D eigenvalue weighted by molar-refractivity contribution is 7.17. The Kier molecular flexibility index (Phi) is 5.42. The first-order chi connectivity index (χ1) is 14.3. The molecule has 2 bridgehead atoms. The van der Waals surface area contributed by atoms with Crippen molar-refractivity contribution in [1.82, 2.24) is 0 Å². The van der Waals surface area contributed by atoms with E-state index < -0.39 is 23.8 Å². The molecule has 1 aromatic carbocycles. The minimum absolute atomic E-state index is 0.105. The van der Waals surface area contributed by atoms with Gasteiger partial charge in [0.05, 0.1) is 18.9 Å². The number of methoxy groups -OCH3 is 1. The summed E-state index contributed by atoms with van der Waals surface area (Å²) in [5.74, 6) is -3.59. The monoisotopic (exact) mass is 445 g/mol. The maximum absolute atomic E-state index is 13.1. The van der Waals surface area contributed by atoms with E-state index in [9.17, 15) is 19.5 Å². The van der Waals surface area contributed by atoms with E-state index in [1.165, 1.54) is 18.4 Å². The molecule has 2 N–H and O–H groups in total. The lowest BCUT2D eigenvalue weighted by atomic mass is 9.82. The Balaban J connectivity index is 1.72. The minimum Gasteiger partial charge on any atom is -0.481 e. The average Bonchev–Trinajstić information content (AvgIpc) is 3.40. The molecule has 2 aromatic rings. The number of allylic oxidation sites excluding steroid dienone is 2. The van der Waals surface area contributed by atoms with E-state index in [0.717, 1.165) is 10.4 Å². The van der Waals surface area contributed by atoms with Crippen LogP contribution in [-0.2, 0) is 14.3 Å². The molecule has 8 heteroatoms. The van der Waals surface area contributed by atoms with E-state index in [1.807, 2.05) is 25.1 Å². The normalized spacial score (nSPS) is 24.1. The molecule has 1 fully saturated rings. The van der Waals surface area contributed by atoms with Gasteiger partial charge in [0.2, 0.25) is 5.91 Å². The number of aryl methyl sites for hydroxylation is 1. The molecule has 0 spiro atoms. The van der Waals surface area contributed by atoms with Gasteiger partial charge in [-0.25, -0.2) is 4.79 Å². The smallest absolute Gasteiger partial charge is 0.341 e. The fourth-order valence-corrected chi connectivity index (χ4v) is 5.89. The number of carboxylic acids is 1. The maximum atomic E-state index is 13.1. The van der Waals surface area contributed by atoms with E-state index in [1.54, 1.807) is 18.2 Å². The number of carboxylic acid groups (broad SMARTS) is 1. The Bertz CT molecular complexity index is 1080. The number of hydrogen-bond acceptors (Lipinski definition) is 5. The van der Waals surface area contributed by atoms with Crippen molar-refractivity contribution in [3.8, 4) is 11.1 Å². The van der Waals surface area contributed by atoms with Crippen LogP contribution in [0.2, 0.25) is 5.02 Å². The molecule has 156 valence electrons. The molecule has 6 nitrogen and oxygen atoms in total. The molecule has 2 aliphatic rings. The van der Waals surface area contributed by atoms with Gasteiger partial charge in [-0.3, -0.25) is 9.59 Å². The Morgan fingerprint density at radius 3 is 2.53 bits per heavy atom. The van der Waals surface area contributed by atoms with E-state index in [4.69, 9.17) is 16.3 Å². The van der Waals surface area contributed by atoms with Gasteiger partial charge in [-0.1, -0.05) is 35.9 Å². The molecule has 1 saturated carbocycles. The predicted octanol–water partition coefficient (Wildman–Crippen LogP) is 4.62. The van der Waals surface area contributed by atoms with Crippen molar-refractivity contribution in [3.05, 3.63) is 51.9 Å². The van der Waals surface area contributed by atoms with Crippen LogP contribution in [0.5, 0.6) is 0 Å². The average molecular weight is 446 g/mol. The van der Waals surface area contributed by atoms with Crippen LogP contribution in [0.4, 0.5) is 5.00 Å². The van der Waals surface area contributed by atoms with Crippen molar-refractivity contribution < 1.29 is 24.2 Å². The topological polar surface area (TPSA) is 92.7 Å². The van der Waals surface area contributed by atoms with Crippen molar-refractivity contribution in [2.45, 2.75) is 13.3 Å². The summed E-state index contributed by atoms with van der Waals surface area (Å²) in [6, 6.07) is 7.10. The fraction of sp³-hybridized carbons (Fsp3) is 0.318. The van der Waals surface area contributed by atoms with E-state index in [-0.39, 0.29) is 23.3 Å². The molecular weight excluding hydrogens is 426 g/mol. The second-order valence-electron chi connectivity index (χ2n) is 7.57. The van der Waals surface area contributed by atoms with Crippen molar-refractivity contribution >= 4 is 45.8 Å². The van der Waals surface area contributed by atoms with Crippen LogP contribution in [0.15, 0.2) is 36.4 Å². The number of amides is 1. The van der Waals surface area contributed by atoms with Crippen LogP contribution in [0.25, 0.3) is 11.1 Å². The van der Waals surface area contributed by atoms with Crippen LogP contribution in [0.3, 0.4) is 0 Å². The number of nitrogens with one attached hydrogen (secondary N) is 1. The summed E-state index contributed by atoms with van der Waals surface area (Å²) in [5, 5.41) is 13.3. The van der Waals surface area contributed by atoms with Gasteiger partial charge in [0.25, 0.3) is 0 Å². The number of hydrogen-bond donors (Lipinski definition) is 2. The van der Waals surface area contributed by atoms with Crippen molar-refractivity contribution in [3.63, 3.8) is 0 Å². The number of esters is 1. The summed E-state index contributed by atoms with van der Waals surface area (Å²) < 4.78 is 4.98. The summed E-state index contributed by atoms with van der Waals surface area (Å²) in [4.78, 5) is 38.3. The summed E-state index contributed by atoms with van der Waals surface area (Å²) in [6.45, 7) is 1.85. The van der Waals surface area contributed by atoms with Gasteiger partial charge in [-0.15, -0.1) is 11.3 Å². The number of ether oxygens (including phenoxy) is 1. The van der Waals surface area contributed by atoms with Gasteiger partial charge in [-0.05, 0) is 42.9 Å². The van der Waals surface area contributed by atoms with Crippen LogP contribution < -0.4 is 5.32 Å². The van der Waals surface area contributed by atoms with Gasteiger partial charge in [0.15, 0.2) is 0 Å². The highest BCUT2D eigenvalue weighted by atomic mass is 35.5. The van der Waals surface area contributed by atoms with E-state index in [2.05, 4.69) is 5.32 Å². The van der Waals surface area contributed by atoms with Gasteiger partial charge in [0, 0.05) is 15.5 Å². The number of halogens is 1. The summed E-state index contributed by atoms with van der Waals surface area (Å²) in [7, 11) is 1.28. The Labute approximate surface area is 182 Å². The number of aliphatic carboxylic acids is 1. The predicted molar refractivity (Wildman–Crippen MR) is 115 cm³/mol. The molecule has 0 saturated heterocycles. The SMILES string of the molecule is COC(=O)c1c(NC(=O)[C@@H]2[C@H](C(=O)O)[C@H]3C=C[C@H]2C3)sc(C)c1-c1cccc(Cl)c1. The van der Waals surface area contributed by atoms with E-state index >= 15 is 0 Å². The first-order valence-corrected chi connectivity index (χ1v) is 10.7. The first kappa shape index (κ1) is 20.6. The Morgan fingerprint density at radius 2 is 1.90 bits per heavy atom. The van der Waals surface area contributed by atoms with Crippen LogP contribution in [-0.4, -0.2) is 30.1 Å². The standard InChI is InChI=1S/C22H20ClNO5S/c1-10-15(11-4-3-5-14(23)9-11)18(22(28)29-2)20(30-10)24-19(25)16-12-6-7-13(8-12)17(16)21(26)27/h3-7,9,12-13,16-17H,8H2,1-2H3,(H,24,25)(H,26,27)/t12-,13-,16-,17+/m0/s1. The Hall–Kier alpha value is -2.64. The van der Waals surface area contributed by atoms with Crippen molar-refractivity contribution in [2.75, 3.05) is 12.4 Å². The lowest BCUT2D eigenvalue weighted by Crippen LogP contribution is -2.36. The molecule has 0 radical (unpaired) electrons. The highest BCUT2D eigenvalue weighted by Gasteiger charge is 2.51. The number of carbonyl (C=O) groups is 3. The highest BCUT2D eigenvalue weighted by Crippen LogP contribution is 2.49. The molecule has 0 unspecified atom stereocenters. The number of fused-ring (bicyclic) bond motifs is 2. The van der Waals surface area contributed by atoms with Crippen LogP contribution in [0, 0.1) is 30.6 Å². The van der Waals surface area contributed by atoms with Crippen molar-refractivity contribution in [1.29, 1.82) is 0 Å². The second-order valence-corrected chi connectivity index (χ2v) is 9.23. The lowest BCUT2D eigenvalue weighted by Gasteiger charge is -2.23. The molecule has 4 rings (SSSR count). The third-order valence-corrected chi connectivity index (χ3v) is 7.13. The van der Waals surface area contributed by atoms with Crippen LogP contribution >= 0.6 is 22.9 Å². The molecule has 0 aliphatic heterocycles. The van der Waals surface area contributed by atoms with Gasteiger partial charge < -0.3 is 15.2 Å². The lowest BCUT2D eigenvalue weighted by molar-refractivity contribution is -0.146. The molecule has 4 atom stereocenters. The Morgan fingerprint density at radius 1 is 1.20 bits per heavy atom. The molecule has 1 heterocycles. The summed E-state index contributed by atoms with van der Waals surface area (Å²) >= 11 is 7.39. The molecule has 30 heavy (non-hydrogen) atoms. The molecular formula is C22H20ClNO5S. The third-order valence-electron chi connectivity index (χ3n) is 5.87. The molecule has 1 aromatic heterocycles. The number of thiophene rings is 1. The molecule has 2 aliphatic carbocycles. The van der Waals surface area contributed by atoms with Gasteiger partial charge >= 0.3 is 11.9 Å².